The molecule has 2 heterocycles. The van der Waals surface area contributed by atoms with E-state index in [1.807, 2.05) is 0 Å². The number of hydrogen-bond donors (Lipinski definition) is 1. The minimum atomic E-state index is -0.602. The molecule has 1 aromatic heterocycles. The molecule has 1 N–H and O–H groups in total. The second kappa shape index (κ2) is 6.51. The SMILES string of the molecule is O=C(NC1COCC1n1nc(C2CC2)ccc1=O)C1(c2ccc(F)cc2)CC1. The molecule has 1 aliphatic heterocycles. The van der Waals surface area contributed by atoms with Gasteiger partial charge < -0.3 is 10.1 Å². The summed E-state index contributed by atoms with van der Waals surface area (Å²) in [7, 11) is 0. The first kappa shape index (κ1) is 17.6. The van der Waals surface area contributed by atoms with Crippen LogP contribution >= 0.6 is 0 Å². The molecular formula is C21H22FN3O3. The second-order valence-electron chi connectivity index (χ2n) is 8.09. The van der Waals surface area contributed by atoms with Crippen LogP contribution in [-0.4, -0.2) is 34.9 Å². The lowest BCUT2D eigenvalue weighted by Crippen LogP contribution is -2.47. The fourth-order valence-corrected chi connectivity index (χ4v) is 4.04. The molecule has 0 radical (unpaired) electrons. The number of rotatable bonds is 5. The highest BCUT2D eigenvalue weighted by Gasteiger charge is 2.52. The predicted molar refractivity (Wildman–Crippen MR) is 99.6 cm³/mol. The average Bonchev–Trinajstić information content (AvgIpc) is 3.61. The summed E-state index contributed by atoms with van der Waals surface area (Å²) in [5, 5.41) is 7.63. The van der Waals surface area contributed by atoms with Crippen LogP contribution in [0.1, 0.15) is 48.9 Å². The number of nitrogens with zero attached hydrogens (tertiary/aromatic N) is 2. The first-order valence-corrected chi connectivity index (χ1v) is 9.81. The van der Waals surface area contributed by atoms with Crippen LogP contribution in [0, 0.1) is 5.82 Å². The molecule has 0 spiro atoms. The third-order valence-electron chi connectivity index (χ3n) is 6.10. The molecule has 1 amide bonds. The van der Waals surface area contributed by atoms with Crippen molar-refractivity contribution in [1.82, 2.24) is 15.1 Å². The van der Waals surface area contributed by atoms with E-state index in [0.717, 1.165) is 36.9 Å². The highest BCUT2D eigenvalue weighted by molar-refractivity contribution is 5.91. The zero-order chi connectivity index (χ0) is 19.3. The maximum Gasteiger partial charge on any atom is 0.267 e. The van der Waals surface area contributed by atoms with Gasteiger partial charge in [-0.15, -0.1) is 0 Å². The van der Waals surface area contributed by atoms with E-state index in [9.17, 15) is 14.0 Å². The van der Waals surface area contributed by atoms with Gasteiger partial charge in [0.1, 0.15) is 11.9 Å². The molecule has 1 aromatic carbocycles. The summed E-state index contributed by atoms with van der Waals surface area (Å²) in [5.74, 6) is 0.0339. The van der Waals surface area contributed by atoms with Gasteiger partial charge >= 0.3 is 0 Å². The molecule has 28 heavy (non-hydrogen) atoms. The van der Waals surface area contributed by atoms with Gasteiger partial charge in [0, 0.05) is 12.0 Å². The van der Waals surface area contributed by atoms with Gasteiger partial charge in [-0.2, -0.15) is 5.10 Å². The molecule has 2 atom stereocenters. The van der Waals surface area contributed by atoms with Gasteiger partial charge in [0.25, 0.3) is 5.56 Å². The molecule has 3 aliphatic rings. The van der Waals surface area contributed by atoms with Gasteiger partial charge in [-0.3, -0.25) is 9.59 Å². The number of hydrogen-bond acceptors (Lipinski definition) is 4. The van der Waals surface area contributed by atoms with Gasteiger partial charge in [-0.1, -0.05) is 12.1 Å². The van der Waals surface area contributed by atoms with Crippen molar-refractivity contribution in [3.8, 4) is 0 Å². The van der Waals surface area contributed by atoms with Crippen molar-refractivity contribution in [3.05, 3.63) is 63.8 Å². The van der Waals surface area contributed by atoms with E-state index >= 15 is 0 Å². The summed E-state index contributed by atoms with van der Waals surface area (Å²) >= 11 is 0. The molecule has 1 saturated heterocycles. The molecular weight excluding hydrogens is 361 g/mol. The Morgan fingerprint density at radius 1 is 1.14 bits per heavy atom. The van der Waals surface area contributed by atoms with Gasteiger partial charge in [-0.05, 0) is 49.4 Å². The van der Waals surface area contributed by atoms with Crippen LogP contribution in [0.2, 0.25) is 0 Å². The summed E-state index contributed by atoms with van der Waals surface area (Å²) < 4.78 is 20.3. The van der Waals surface area contributed by atoms with Crippen molar-refractivity contribution in [3.63, 3.8) is 0 Å². The fraction of sp³-hybridized carbons (Fsp3) is 0.476. The van der Waals surface area contributed by atoms with E-state index in [1.54, 1.807) is 24.3 Å². The Bertz CT molecular complexity index is 964. The summed E-state index contributed by atoms with van der Waals surface area (Å²) in [6.45, 7) is 0.688. The van der Waals surface area contributed by atoms with Crippen LogP contribution in [0.25, 0.3) is 0 Å². The first-order valence-electron chi connectivity index (χ1n) is 9.81. The molecule has 2 aliphatic carbocycles. The Balaban J connectivity index is 1.36. The van der Waals surface area contributed by atoms with Gasteiger partial charge in [0.2, 0.25) is 5.91 Å². The number of carbonyl (C=O) groups excluding carboxylic acids is 1. The molecule has 6 nitrogen and oxygen atoms in total. The maximum atomic E-state index is 13.2. The number of amides is 1. The normalized spacial score (nSPS) is 25.5. The Morgan fingerprint density at radius 3 is 2.57 bits per heavy atom. The third-order valence-corrected chi connectivity index (χ3v) is 6.10. The number of halogens is 1. The molecule has 2 saturated carbocycles. The smallest absolute Gasteiger partial charge is 0.267 e. The van der Waals surface area contributed by atoms with Crippen molar-refractivity contribution in [2.24, 2.45) is 0 Å². The van der Waals surface area contributed by atoms with Crippen LogP contribution in [0.15, 0.2) is 41.2 Å². The summed E-state index contributed by atoms with van der Waals surface area (Å²) in [6.07, 6.45) is 3.68. The fourth-order valence-electron chi connectivity index (χ4n) is 4.04. The minimum Gasteiger partial charge on any atom is -0.377 e. The molecule has 3 fully saturated rings. The number of nitrogens with one attached hydrogen (secondary N) is 1. The lowest BCUT2D eigenvalue weighted by molar-refractivity contribution is -0.124. The zero-order valence-corrected chi connectivity index (χ0v) is 15.4. The molecule has 7 heteroatoms. The average molecular weight is 383 g/mol. The van der Waals surface area contributed by atoms with Crippen molar-refractivity contribution in [1.29, 1.82) is 0 Å². The van der Waals surface area contributed by atoms with E-state index in [1.165, 1.54) is 16.8 Å². The summed E-state index contributed by atoms with van der Waals surface area (Å²) in [5.41, 5.74) is 0.975. The van der Waals surface area contributed by atoms with Crippen LogP contribution in [0.3, 0.4) is 0 Å². The molecule has 5 rings (SSSR count). The third kappa shape index (κ3) is 3.03. The molecule has 146 valence electrons. The Labute approximate surface area is 161 Å². The monoisotopic (exact) mass is 383 g/mol. The van der Waals surface area contributed by atoms with Gasteiger partial charge in [0.05, 0.1) is 30.4 Å². The molecule has 2 aromatic rings. The largest absolute Gasteiger partial charge is 0.377 e. The van der Waals surface area contributed by atoms with Crippen molar-refractivity contribution in [2.75, 3.05) is 13.2 Å². The highest BCUT2D eigenvalue weighted by atomic mass is 19.1. The Hall–Kier alpha value is -2.54. The van der Waals surface area contributed by atoms with E-state index in [4.69, 9.17) is 4.74 Å². The number of aromatic nitrogens is 2. The number of benzene rings is 1. The summed E-state index contributed by atoms with van der Waals surface area (Å²) in [4.78, 5) is 25.4. The van der Waals surface area contributed by atoms with Crippen LogP contribution < -0.4 is 10.9 Å². The quantitative estimate of drug-likeness (QED) is 0.858. The minimum absolute atomic E-state index is 0.0917. The van der Waals surface area contributed by atoms with Gasteiger partial charge in [-0.25, -0.2) is 9.07 Å². The van der Waals surface area contributed by atoms with E-state index in [-0.39, 0.29) is 29.4 Å². The van der Waals surface area contributed by atoms with E-state index < -0.39 is 5.41 Å². The summed E-state index contributed by atoms with van der Waals surface area (Å²) in [6, 6.07) is 8.84. The first-order chi connectivity index (χ1) is 13.6. The standard InChI is InChI=1S/C21H22FN3O3/c22-15-5-3-14(4-6-15)21(9-10-21)20(27)23-17-11-28-12-18(17)25-19(26)8-7-16(24-25)13-1-2-13/h3-8,13,17-18H,1-2,9-12H2,(H,23,27). The predicted octanol–water partition coefficient (Wildman–Crippen LogP) is 2.05. The van der Waals surface area contributed by atoms with Crippen LogP contribution in [0.5, 0.6) is 0 Å². The molecule has 0 bridgehead atoms. The number of ether oxygens (including phenoxy) is 1. The lowest BCUT2D eigenvalue weighted by Gasteiger charge is -2.24. The Morgan fingerprint density at radius 2 is 1.89 bits per heavy atom. The van der Waals surface area contributed by atoms with E-state index in [2.05, 4.69) is 10.4 Å². The Kier molecular flexibility index (Phi) is 4.08. The van der Waals surface area contributed by atoms with Crippen molar-refractivity contribution in [2.45, 2.75) is 49.1 Å². The highest BCUT2D eigenvalue weighted by Crippen LogP contribution is 2.48. The zero-order valence-electron chi connectivity index (χ0n) is 15.4. The van der Waals surface area contributed by atoms with Crippen molar-refractivity contribution < 1.29 is 13.9 Å². The second-order valence-corrected chi connectivity index (χ2v) is 8.09. The van der Waals surface area contributed by atoms with E-state index in [0.29, 0.717) is 19.1 Å². The number of carbonyl (C=O) groups is 1. The van der Waals surface area contributed by atoms with Gasteiger partial charge in [0.15, 0.2) is 0 Å². The lowest BCUT2D eigenvalue weighted by atomic mass is 9.94. The molecule has 2 unspecified atom stereocenters. The maximum absolute atomic E-state index is 13.2. The topological polar surface area (TPSA) is 73.2 Å². The van der Waals surface area contributed by atoms with Crippen LogP contribution in [-0.2, 0) is 14.9 Å². The van der Waals surface area contributed by atoms with Crippen LogP contribution in [0.4, 0.5) is 4.39 Å². The van der Waals surface area contributed by atoms with Crippen molar-refractivity contribution >= 4 is 5.91 Å².